The molecule has 0 saturated carbocycles. The molecule has 0 atom stereocenters. The van der Waals surface area contributed by atoms with Crippen LogP contribution in [0, 0.1) is 0 Å². The highest BCUT2D eigenvalue weighted by Gasteiger charge is 2.12. The van der Waals surface area contributed by atoms with Crippen LogP contribution in [0.25, 0.3) is 0 Å². The minimum atomic E-state index is -3.90. The minimum Gasteiger partial charge on any atom is -0.369 e. The molecule has 1 aromatic carbocycles. The SMILES string of the molecule is NC(N)=NS(=O)(=O)c1ccc(NC=CC(=O)c2cccs2)cc1. The molecule has 0 spiro atoms. The number of nitrogens with zero attached hydrogens (tertiary/aromatic N) is 1. The third kappa shape index (κ3) is 4.66. The van der Waals surface area contributed by atoms with Gasteiger partial charge in [-0.15, -0.1) is 15.7 Å². The third-order valence-corrected chi connectivity index (χ3v) is 4.83. The van der Waals surface area contributed by atoms with Crippen molar-refractivity contribution in [1.82, 2.24) is 0 Å². The standard InChI is InChI=1S/C14H14N4O3S2/c15-14(16)18-23(20,21)11-5-3-10(4-6-11)17-8-7-12(19)13-2-1-9-22-13/h1-9,17H,(H4,15,16,18). The van der Waals surface area contributed by atoms with E-state index in [1.807, 2.05) is 5.38 Å². The van der Waals surface area contributed by atoms with E-state index in [2.05, 4.69) is 9.71 Å². The van der Waals surface area contributed by atoms with Gasteiger partial charge in [0.05, 0.1) is 9.77 Å². The van der Waals surface area contributed by atoms with Crippen LogP contribution >= 0.6 is 11.3 Å². The molecule has 0 aliphatic carbocycles. The van der Waals surface area contributed by atoms with Crippen LogP contribution in [0.4, 0.5) is 5.69 Å². The Bertz CT molecular complexity index is 835. The normalized spacial score (nSPS) is 11.3. The number of sulfonamides is 1. The Kier molecular flexibility index (Phi) is 5.14. The quantitative estimate of drug-likeness (QED) is 0.314. The summed E-state index contributed by atoms with van der Waals surface area (Å²) in [6.45, 7) is 0. The molecule has 1 heterocycles. The van der Waals surface area contributed by atoms with Gasteiger partial charge in [0.15, 0.2) is 5.78 Å². The van der Waals surface area contributed by atoms with Crippen molar-refractivity contribution in [3.8, 4) is 0 Å². The summed E-state index contributed by atoms with van der Waals surface area (Å²) >= 11 is 1.36. The number of nitrogens with two attached hydrogens (primary N) is 2. The fourth-order valence-electron chi connectivity index (χ4n) is 1.63. The first-order valence-corrected chi connectivity index (χ1v) is 8.67. The van der Waals surface area contributed by atoms with Crippen LogP contribution in [0.15, 0.2) is 63.3 Å². The number of allylic oxidation sites excluding steroid dienone is 1. The molecular formula is C14H14N4O3S2. The Hall–Kier alpha value is -2.65. The van der Waals surface area contributed by atoms with Gasteiger partial charge in [-0.05, 0) is 35.7 Å². The Morgan fingerprint density at radius 1 is 1.17 bits per heavy atom. The van der Waals surface area contributed by atoms with Crippen LogP contribution in [-0.4, -0.2) is 20.2 Å². The first kappa shape index (κ1) is 16.7. The first-order valence-electron chi connectivity index (χ1n) is 6.35. The number of rotatable bonds is 6. The molecule has 0 aliphatic heterocycles. The van der Waals surface area contributed by atoms with Gasteiger partial charge in [-0.2, -0.15) is 8.42 Å². The van der Waals surface area contributed by atoms with Crippen molar-refractivity contribution in [2.75, 3.05) is 5.32 Å². The first-order chi connectivity index (χ1) is 10.9. The van der Waals surface area contributed by atoms with Gasteiger partial charge < -0.3 is 16.8 Å². The molecular weight excluding hydrogens is 336 g/mol. The zero-order chi connectivity index (χ0) is 16.9. The minimum absolute atomic E-state index is 0.0323. The van der Waals surface area contributed by atoms with Crippen LogP contribution in [0.1, 0.15) is 9.67 Å². The van der Waals surface area contributed by atoms with E-state index < -0.39 is 16.0 Å². The smallest absolute Gasteiger partial charge is 0.285 e. The third-order valence-electron chi connectivity index (χ3n) is 2.63. The number of hydrogen-bond acceptors (Lipinski definition) is 5. The molecule has 0 unspecified atom stereocenters. The molecule has 0 bridgehead atoms. The zero-order valence-corrected chi connectivity index (χ0v) is 13.5. The van der Waals surface area contributed by atoms with E-state index in [1.165, 1.54) is 47.9 Å². The molecule has 23 heavy (non-hydrogen) atoms. The van der Waals surface area contributed by atoms with Gasteiger partial charge in [-0.1, -0.05) is 6.07 Å². The highest BCUT2D eigenvalue weighted by molar-refractivity contribution is 7.90. The second-order valence-corrected chi connectivity index (χ2v) is 6.89. The van der Waals surface area contributed by atoms with E-state index in [0.717, 1.165) is 0 Å². The zero-order valence-electron chi connectivity index (χ0n) is 11.8. The molecule has 0 radical (unpaired) electrons. The maximum absolute atomic E-state index is 11.8. The Labute approximate surface area is 137 Å². The maximum atomic E-state index is 11.8. The average molecular weight is 350 g/mol. The molecule has 1 aromatic heterocycles. The summed E-state index contributed by atoms with van der Waals surface area (Å²) in [6, 6.07) is 9.33. The lowest BCUT2D eigenvalue weighted by Gasteiger charge is -2.03. The Morgan fingerprint density at radius 3 is 2.43 bits per heavy atom. The van der Waals surface area contributed by atoms with E-state index in [-0.39, 0.29) is 10.7 Å². The summed E-state index contributed by atoms with van der Waals surface area (Å²) in [5, 5.41) is 4.70. The van der Waals surface area contributed by atoms with E-state index >= 15 is 0 Å². The number of guanidine groups is 1. The Morgan fingerprint density at radius 2 is 1.87 bits per heavy atom. The van der Waals surface area contributed by atoms with Crippen molar-refractivity contribution in [3.63, 3.8) is 0 Å². The second kappa shape index (κ2) is 7.07. The lowest BCUT2D eigenvalue weighted by molar-refractivity contribution is 0.105. The highest BCUT2D eigenvalue weighted by atomic mass is 32.2. The average Bonchev–Trinajstić information content (AvgIpc) is 3.00. The predicted molar refractivity (Wildman–Crippen MR) is 90.8 cm³/mol. The lowest BCUT2D eigenvalue weighted by Crippen LogP contribution is -2.24. The fraction of sp³-hybridized carbons (Fsp3) is 0. The molecule has 2 aromatic rings. The van der Waals surface area contributed by atoms with Gasteiger partial charge in [0, 0.05) is 18.0 Å². The Balaban J connectivity index is 2.03. The largest absolute Gasteiger partial charge is 0.369 e. The van der Waals surface area contributed by atoms with Crippen LogP contribution in [0.3, 0.4) is 0 Å². The number of anilines is 1. The van der Waals surface area contributed by atoms with Gasteiger partial charge in [-0.3, -0.25) is 4.79 Å². The summed E-state index contributed by atoms with van der Waals surface area (Å²) in [7, 11) is -3.90. The summed E-state index contributed by atoms with van der Waals surface area (Å²) in [4.78, 5) is 12.4. The van der Waals surface area contributed by atoms with Gasteiger partial charge in [0.1, 0.15) is 0 Å². The second-order valence-electron chi connectivity index (χ2n) is 4.33. The predicted octanol–water partition coefficient (Wildman–Crippen LogP) is 1.52. The number of ketones is 1. The van der Waals surface area contributed by atoms with Gasteiger partial charge in [-0.25, -0.2) is 0 Å². The number of hydrogen-bond donors (Lipinski definition) is 3. The molecule has 0 aliphatic rings. The highest BCUT2D eigenvalue weighted by Crippen LogP contribution is 2.16. The molecule has 7 nitrogen and oxygen atoms in total. The van der Waals surface area contributed by atoms with Crippen LogP contribution < -0.4 is 16.8 Å². The van der Waals surface area contributed by atoms with Crippen LogP contribution in [0.5, 0.6) is 0 Å². The summed E-state index contributed by atoms with van der Waals surface area (Å²) in [5.41, 5.74) is 10.8. The summed E-state index contributed by atoms with van der Waals surface area (Å²) in [5.74, 6) is -0.637. The summed E-state index contributed by atoms with van der Waals surface area (Å²) in [6.07, 6.45) is 2.89. The van der Waals surface area contributed by atoms with E-state index in [1.54, 1.807) is 12.1 Å². The molecule has 9 heteroatoms. The van der Waals surface area contributed by atoms with Crippen molar-refractivity contribution >= 4 is 38.8 Å². The van der Waals surface area contributed by atoms with Crippen molar-refractivity contribution in [1.29, 1.82) is 0 Å². The fourth-order valence-corrected chi connectivity index (χ4v) is 3.14. The maximum Gasteiger partial charge on any atom is 0.285 e. The van der Waals surface area contributed by atoms with Crippen molar-refractivity contribution in [2.24, 2.45) is 15.9 Å². The van der Waals surface area contributed by atoms with E-state index in [4.69, 9.17) is 11.5 Å². The number of thiophene rings is 1. The van der Waals surface area contributed by atoms with E-state index in [0.29, 0.717) is 10.6 Å². The van der Waals surface area contributed by atoms with E-state index in [9.17, 15) is 13.2 Å². The number of carbonyl (C=O) groups is 1. The summed E-state index contributed by atoms with van der Waals surface area (Å²) < 4.78 is 26.7. The topological polar surface area (TPSA) is 128 Å². The van der Waals surface area contributed by atoms with Crippen LogP contribution in [-0.2, 0) is 10.0 Å². The van der Waals surface area contributed by atoms with Crippen LogP contribution in [0.2, 0.25) is 0 Å². The number of nitrogens with one attached hydrogen (secondary N) is 1. The molecule has 2 rings (SSSR count). The molecule has 5 N–H and O–H groups in total. The van der Waals surface area contributed by atoms with Crippen molar-refractivity contribution < 1.29 is 13.2 Å². The molecule has 0 fully saturated rings. The number of carbonyl (C=O) groups excluding carboxylic acids is 1. The lowest BCUT2D eigenvalue weighted by atomic mass is 10.3. The molecule has 120 valence electrons. The monoisotopic (exact) mass is 350 g/mol. The van der Waals surface area contributed by atoms with Gasteiger partial charge in [0.25, 0.3) is 10.0 Å². The molecule has 0 amide bonds. The van der Waals surface area contributed by atoms with Gasteiger partial charge in [0.2, 0.25) is 5.96 Å². The number of benzene rings is 1. The van der Waals surface area contributed by atoms with Gasteiger partial charge >= 0.3 is 0 Å². The van der Waals surface area contributed by atoms with Crippen molar-refractivity contribution in [2.45, 2.75) is 4.90 Å². The molecule has 0 saturated heterocycles. The van der Waals surface area contributed by atoms with Crippen molar-refractivity contribution in [3.05, 3.63) is 58.9 Å².